The van der Waals surface area contributed by atoms with E-state index in [1.807, 2.05) is 0 Å². The van der Waals surface area contributed by atoms with Crippen LogP contribution in [0.1, 0.15) is 19.8 Å². The van der Waals surface area contributed by atoms with Crippen molar-refractivity contribution in [2.45, 2.75) is 31.0 Å². The van der Waals surface area contributed by atoms with E-state index >= 15 is 0 Å². The lowest BCUT2D eigenvalue weighted by Gasteiger charge is -2.44. The lowest BCUT2D eigenvalue weighted by molar-refractivity contribution is -0.194. The quantitative estimate of drug-likeness (QED) is 0.540. The molecule has 2 aliphatic heterocycles. The van der Waals surface area contributed by atoms with Gasteiger partial charge in [0.05, 0.1) is 5.33 Å². The Kier molecular flexibility index (Phi) is 2.31. The SMILES string of the molecule is C[C@]1(CBr)OC(=O)[C@@]2(N)CCCN2C1=O. The molecule has 0 radical (unpaired) electrons. The fourth-order valence-corrected chi connectivity index (χ4v) is 2.40. The zero-order valence-corrected chi connectivity index (χ0v) is 10.0. The number of alkyl halides is 1. The van der Waals surface area contributed by atoms with Crippen molar-refractivity contribution in [1.29, 1.82) is 0 Å². The summed E-state index contributed by atoms with van der Waals surface area (Å²) in [5.41, 5.74) is 3.56. The lowest BCUT2D eigenvalue weighted by atomic mass is 10.00. The first-order chi connectivity index (χ1) is 6.94. The highest BCUT2D eigenvalue weighted by atomic mass is 79.9. The molecule has 1 amide bonds. The number of nitrogens with two attached hydrogens (primary N) is 1. The summed E-state index contributed by atoms with van der Waals surface area (Å²) in [6, 6.07) is 0. The Labute approximate surface area is 96.1 Å². The molecular weight excluding hydrogens is 264 g/mol. The van der Waals surface area contributed by atoms with Gasteiger partial charge in [-0.15, -0.1) is 0 Å². The zero-order valence-electron chi connectivity index (χ0n) is 8.46. The summed E-state index contributed by atoms with van der Waals surface area (Å²) >= 11 is 3.18. The van der Waals surface area contributed by atoms with Gasteiger partial charge < -0.3 is 9.64 Å². The molecule has 2 atom stereocenters. The second kappa shape index (κ2) is 3.18. The van der Waals surface area contributed by atoms with E-state index in [1.54, 1.807) is 6.92 Å². The van der Waals surface area contributed by atoms with E-state index in [1.165, 1.54) is 4.90 Å². The standard InChI is InChI=1S/C9H13BrN2O3/c1-8(5-10)6(13)12-4-2-3-9(12,11)7(14)15-8/h2-5,11H2,1H3/t8-,9-/m1/s1. The van der Waals surface area contributed by atoms with E-state index in [-0.39, 0.29) is 11.2 Å². The number of carbonyl (C=O) groups is 2. The molecule has 6 heteroatoms. The normalized spacial score (nSPS) is 40.3. The zero-order chi connectivity index (χ0) is 11.3. The Balaban J connectivity index is 2.38. The third-order valence-electron chi connectivity index (χ3n) is 3.05. The number of hydrogen-bond donors (Lipinski definition) is 1. The number of nitrogens with zero attached hydrogens (tertiary/aromatic N) is 1. The van der Waals surface area contributed by atoms with Crippen molar-refractivity contribution >= 4 is 27.8 Å². The van der Waals surface area contributed by atoms with Crippen LogP contribution in [0.2, 0.25) is 0 Å². The minimum Gasteiger partial charge on any atom is -0.446 e. The van der Waals surface area contributed by atoms with Crippen molar-refractivity contribution in [3.63, 3.8) is 0 Å². The molecule has 2 fully saturated rings. The van der Waals surface area contributed by atoms with Crippen LogP contribution in [0.3, 0.4) is 0 Å². The van der Waals surface area contributed by atoms with Gasteiger partial charge in [0.15, 0.2) is 11.3 Å². The van der Waals surface area contributed by atoms with Crippen LogP contribution in [0.4, 0.5) is 0 Å². The number of halogens is 1. The maximum Gasteiger partial charge on any atom is 0.348 e. The molecule has 2 saturated heterocycles. The monoisotopic (exact) mass is 276 g/mol. The number of rotatable bonds is 1. The number of cyclic esters (lactones) is 1. The van der Waals surface area contributed by atoms with Gasteiger partial charge in [-0.2, -0.15) is 0 Å². The largest absolute Gasteiger partial charge is 0.446 e. The minimum atomic E-state index is -1.22. The topological polar surface area (TPSA) is 72.6 Å². The highest BCUT2D eigenvalue weighted by Crippen LogP contribution is 2.35. The van der Waals surface area contributed by atoms with Crippen molar-refractivity contribution in [1.82, 2.24) is 4.90 Å². The fraction of sp³-hybridized carbons (Fsp3) is 0.778. The summed E-state index contributed by atoms with van der Waals surface area (Å²) in [5, 5.41) is 0.289. The van der Waals surface area contributed by atoms with Crippen LogP contribution in [0.15, 0.2) is 0 Å². The summed E-state index contributed by atoms with van der Waals surface area (Å²) < 4.78 is 5.15. The summed E-state index contributed by atoms with van der Waals surface area (Å²) in [5.74, 6) is -0.708. The molecule has 0 aromatic rings. The van der Waals surface area contributed by atoms with Gasteiger partial charge in [-0.3, -0.25) is 10.5 Å². The third-order valence-corrected chi connectivity index (χ3v) is 4.12. The summed E-state index contributed by atoms with van der Waals surface area (Å²) in [6.07, 6.45) is 1.23. The van der Waals surface area contributed by atoms with E-state index < -0.39 is 17.2 Å². The Morgan fingerprint density at radius 3 is 2.87 bits per heavy atom. The first kappa shape index (κ1) is 10.9. The number of hydrogen-bond acceptors (Lipinski definition) is 4. The van der Waals surface area contributed by atoms with Crippen LogP contribution >= 0.6 is 15.9 Å². The molecule has 0 aromatic heterocycles. The highest BCUT2D eigenvalue weighted by molar-refractivity contribution is 9.09. The Morgan fingerprint density at radius 1 is 1.60 bits per heavy atom. The first-order valence-corrected chi connectivity index (χ1v) is 5.96. The molecule has 5 nitrogen and oxygen atoms in total. The average Bonchev–Trinajstić information content (AvgIpc) is 2.59. The molecule has 0 aromatic carbocycles. The molecule has 2 aliphatic rings. The number of fused-ring (bicyclic) bond motifs is 1. The van der Waals surface area contributed by atoms with E-state index in [4.69, 9.17) is 10.5 Å². The number of esters is 1. The molecule has 2 N–H and O–H groups in total. The van der Waals surface area contributed by atoms with Crippen molar-refractivity contribution in [2.24, 2.45) is 5.73 Å². The number of amides is 1. The maximum absolute atomic E-state index is 12.0. The molecule has 84 valence electrons. The molecule has 0 saturated carbocycles. The first-order valence-electron chi connectivity index (χ1n) is 4.84. The summed E-state index contributed by atoms with van der Waals surface area (Å²) in [6.45, 7) is 2.13. The van der Waals surface area contributed by atoms with Gasteiger partial charge in [0.2, 0.25) is 0 Å². The van der Waals surface area contributed by atoms with Crippen molar-refractivity contribution in [2.75, 3.05) is 11.9 Å². The van der Waals surface area contributed by atoms with Crippen LogP contribution in [0, 0.1) is 0 Å². The number of ether oxygens (including phenoxy) is 1. The molecule has 0 bridgehead atoms. The van der Waals surface area contributed by atoms with Crippen LogP contribution in [0.25, 0.3) is 0 Å². The molecular formula is C9H13BrN2O3. The molecule has 2 heterocycles. The molecule has 0 aliphatic carbocycles. The van der Waals surface area contributed by atoms with Crippen molar-refractivity contribution in [3.8, 4) is 0 Å². The van der Waals surface area contributed by atoms with E-state index in [9.17, 15) is 9.59 Å². The Bertz CT molecular complexity index is 335. The van der Waals surface area contributed by atoms with Gasteiger partial charge in [-0.1, -0.05) is 15.9 Å². The van der Waals surface area contributed by atoms with Crippen LogP contribution < -0.4 is 5.73 Å². The Morgan fingerprint density at radius 2 is 2.27 bits per heavy atom. The van der Waals surface area contributed by atoms with Gasteiger partial charge in [0, 0.05) is 6.54 Å². The highest BCUT2D eigenvalue weighted by Gasteiger charge is 2.58. The second-order valence-electron chi connectivity index (χ2n) is 4.24. The van der Waals surface area contributed by atoms with Crippen LogP contribution in [0.5, 0.6) is 0 Å². The van der Waals surface area contributed by atoms with E-state index in [2.05, 4.69) is 15.9 Å². The Hall–Kier alpha value is -0.620. The lowest BCUT2D eigenvalue weighted by Crippen LogP contribution is -2.70. The van der Waals surface area contributed by atoms with Crippen LogP contribution in [-0.2, 0) is 14.3 Å². The number of morpholine rings is 1. The van der Waals surface area contributed by atoms with E-state index in [0.717, 1.165) is 6.42 Å². The molecule has 15 heavy (non-hydrogen) atoms. The molecule has 2 rings (SSSR count). The summed E-state index contributed by atoms with van der Waals surface area (Å²) in [7, 11) is 0. The second-order valence-corrected chi connectivity index (χ2v) is 4.80. The predicted octanol–water partition coefficient (Wildman–Crippen LogP) is -0.0258. The van der Waals surface area contributed by atoms with E-state index in [0.29, 0.717) is 13.0 Å². The summed E-state index contributed by atoms with van der Waals surface area (Å²) in [4.78, 5) is 25.2. The smallest absolute Gasteiger partial charge is 0.348 e. The van der Waals surface area contributed by atoms with Crippen LogP contribution in [-0.4, -0.2) is 39.9 Å². The molecule has 0 unspecified atom stereocenters. The van der Waals surface area contributed by atoms with Crippen molar-refractivity contribution < 1.29 is 14.3 Å². The number of carbonyl (C=O) groups excluding carboxylic acids is 2. The fourth-order valence-electron chi connectivity index (χ4n) is 2.04. The third kappa shape index (κ3) is 1.31. The van der Waals surface area contributed by atoms with Gasteiger partial charge >= 0.3 is 5.97 Å². The van der Waals surface area contributed by atoms with Gasteiger partial charge in [-0.25, -0.2) is 4.79 Å². The van der Waals surface area contributed by atoms with Gasteiger partial charge in [0.1, 0.15) is 0 Å². The molecule has 0 spiro atoms. The maximum atomic E-state index is 12.0. The van der Waals surface area contributed by atoms with Gasteiger partial charge in [-0.05, 0) is 19.8 Å². The average molecular weight is 277 g/mol. The van der Waals surface area contributed by atoms with Crippen molar-refractivity contribution in [3.05, 3.63) is 0 Å². The minimum absolute atomic E-state index is 0.209. The predicted molar refractivity (Wildman–Crippen MR) is 56.2 cm³/mol. The van der Waals surface area contributed by atoms with Gasteiger partial charge in [0.25, 0.3) is 5.91 Å².